The Kier molecular flexibility index (Phi) is 6.15. The van der Waals surface area contributed by atoms with Crippen LogP contribution in [0.5, 0.6) is 0 Å². The second kappa shape index (κ2) is 9.43. The number of anilines is 1. The van der Waals surface area contributed by atoms with Crippen molar-refractivity contribution in [2.24, 2.45) is 0 Å². The van der Waals surface area contributed by atoms with E-state index >= 15 is 0 Å². The van der Waals surface area contributed by atoms with Crippen molar-refractivity contribution in [2.45, 2.75) is 25.9 Å². The van der Waals surface area contributed by atoms with Crippen LogP contribution in [-0.2, 0) is 4.79 Å². The molecule has 2 aromatic heterocycles. The molecule has 0 saturated heterocycles. The van der Waals surface area contributed by atoms with Crippen molar-refractivity contribution in [1.82, 2.24) is 19.2 Å². The van der Waals surface area contributed by atoms with Gasteiger partial charge in [-0.2, -0.15) is 0 Å². The highest BCUT2D eigenvalue weighted by Gasteiger charge is 2.20. The molecule has 0 aliphatic heterocycles. The third kappa shape index (κ3) is 4.18. The number of fused-ring (bicyclic) bond motifs is 3. The number of para-hydroxylation sites is 2. The standard InChI is InChI=1S/C27H23N5O3S/c1-16-12-13-22(17(2)14-16)31-25(35)20-9-5-7-11-23(20)32-26(31)29-30-27(32)36-15-24(34)28-21-10-6-4-8-19(21)18(3)33/h4-14H,15H2,1-3H3,(H,28,34). The summed E-state index contributed by atoms with van der Waals surface area (Å²) in [5.74, 6) is 0.00937. The molecule has 0 atom stereocenters. The number of thioether (sulfide) groups is 1. The van der Waals surface area contributed by atoms with Gasteiger partial charge in [0.1, 0.15) is 0 Å². The van der Waals surface area contributed by atoms with Crippen LogP contribution in [0.3, 0.4) is 0 Å². The van der Waals surface area contributed by atoms with Gasteiger partial charge in [0.25, 0.3) is 5.56 Å². The fraction of sp³-hybridized carbons (Fsp3) is 0.148. The molecule has 0 bridgehead atoms. The van der Waals surface area contributed by atoms with E-state index in [1.165, 1.54) is 18.7 Å². The zero-order chi connectivity index (χ0) is 25.4. The van der Waals surface area contributed by atoms with Gasteiger partial charge in [0.2, 0.25) is 11.7 Å². The Balaban J connectivity index is 1.55. The predicted octanol–water partition coefficient (Wildman–Crippen LogP) is 4.58. The summed E-state index contributed by atoms with van der Waals surface area (Å²) >= 11 is 1.21. The molecule has 0 spiro atoms. The SMILES string of the molecule is CC(=O)c1ccccc1NC(=O)CSc1nnc2n(-c3ccc(C)cc3C)c(=O)c3ccccc3n12. The summed E-state index contributed by atoms with van der Waals surface area (Å²) in [7, 11) is 0. The van der Waals surface area contributed by atoms with Crippen molar-refractivity contribution in [1.29, 1.82) is 0 Å². The summed E-state index contributed by atoms with van der Waals surface area (Å²) in [5, 5.41) is 12.5. The van der Waals surface area contributed by atoms with Gasteiger partial charge < -0.3 is 5.32 Å². The van der Waals surface area contributed by atoms with E-state index in [0.29, 0.717) is 33.1 Å². The van der Waals surface area contributed by atoms with E-state index < -0.39 is 0 Å². The zero-order valence-electron chi connectivity index (χ0n) is 20.0. The van der Waals surface area contributed by atoms with Crippen molar-refractivity contribution in [2.75, 3.05) is 11.1 Å². The number of benzene rings is 3. The fourth-order valence-corrected chi connectivity index (χ4v) is 5.00. The number of Topliss-reactive ketones (excluding diaryl/α,β-unsaturated/α-hetero) is 1. The number of ketones is 1. The predicted molar refractivity (Wildman–Crippen MR) is 141 cm³/mol. The maximum Gasteiger partial charge on any atom is 0.267 e. The van der Waals surface area contributed by atoms with E-state index in [-0.39, 0.29) is 23.0 Å². The highest BCUT2D eigenvalue weighted by Crippen LogP contribution is 2.25. The summed E-state index contributed by atoms with van der Waals surface area (Å²) in [6.07, 6.45) is 0. The minimum atomic E-state index is -0.280. The van der Waals surface area contributed by atoms with Crippen molar-refractivity contribution in [3.8, 4) is 5.69 Å². The Morgan fingerprint density at radius 3 is 2.50 bits per heavy atom. The summed E-state index contributed by atoms with van der Waals surface area (Å²) in [4.78, 5) is 38.2. The minimum Gasteiger partial charge on any atom is -0.325 e. The molecule has 9 heteroatoms. The summed E-state index contributed by atoms with van der Waals surface area (Å²) in [5.41, 5.74) is 4.15. The Labute approximate surface area is 211 Å². The first-order chi connectivity index (χ1) is 17.3. The van der Waals surface area contributed by atoms with Crippen LogP contribution >= 0.6 is 11.8 Å². The molecule has 5 aromatic rings. The lowest BCUT2D eigenvalue weighted by molar-refractivity contribution is -0.113. The topological polar surface area (TPSA) is 98.4 Å². The Morgan fingerprint density at radius 2 is 1.72 bits per heavy atom. The molecule has 8 nitrogen and oxygen atoms in total. The van der Waals surface area contributed by atoms with Crippen LogP contribution in [-0.4, -0.2) is 36.6 Å². The molecule has 3 aromatic carbocycles. The van der Waals surface area contributed by atoms with E-state index in [2.05, 4.69) is 15.5 Å². The van der Waals surface area contributed by atoms with Crippen molar-refractivity contribution in [3.63, 3.8) is 0 Å². The monoisotopic (exact) mass is 497 g/mol. The lowest BCUT2D eigenvalue weighted by atomic mass is 10.1. The van der Waals surface area contributed by atoms with E-state index in [9.17, 15) is 14.4 Å². The average Bonchev–Trinajstić information content (AvgIpc) is 3.28. The van der Waals surface area contributed by atoms with Crippen molar-refractivity contribution >= 4 is 45.8 Å². The fourth-order valence-electron chi connectivity index (χ4n) is 4.26. The molecule has 1 amide bonds. The number of aromatic nitrogens is 4. The molecule has 1 N–H and O–H groups in total. The molecule has 0 aliphatic carbocycles. The number of nitrogens with zero attached hydrogens (tertiary/aromatic N) is 4. The molecule has 5 rings (SSSR count). The molecule has 0 fully saturated rings. The van der Waals surface area contributed by atoms with Crippen molar-refractivity contribution in [3.05, 3.63) is 93.8 Å². The zero-order valence-corrected chi connectivity index (χ0v) is 20.8. The van der Waals surface area contributed by atoms with Gasteiger partial charge in [0.05, 0.1) is 28.0 Å². The molecular weight excluding hydrogens is 474 g/mol. The largest absolute Gasteiger partial charge is 0.325 e. The van der Waals surface area contributed by atoms with Crippen LogP contribution in [0.4, 0.5) is 5.69 Å². The maximum absolute atomic E-state index is 13.5. The van der Waals surface area contributed by atoms with Gasteiger partial charge >= 0.3 is 0 Å². The summed E-state index contributed by atoms with van der Waals surface area (Å²) in [6.45, 7) is 5.42. The third-order valence-electron chi connectivity index (χ3n) is 5.90. The number of hydrogen-bond donors (Lipinski definition) is 1. The first-order valence-corrected chi connectivity index (χ1v) is 12.3. The normalized spacial score (nSPS) is 11.2. The Hall–Kier alpha value is -4.24. The van der Waals surface area contributed by atoms with Crippen LogP contribution in [0.15, 0.2) is 76.7 Å². The highest BCUT2D eigenvalue weighted by molar-refractivity contribution is 7.99. The molecule has 36 heavy (non-hydrogen) atoms. The van der Waals surface area contributed by atoms with Crippen LogP contribution in [0.25, 0.3) is 22.4 Å². The van der Waals surface area contributed by atoms with Crippen LogP contribution in [0, 0.1) is 13.8 Å². The van der Waals surface area contributed by atoms with Gasteiger partial charge in [0.15, 0.2) is 10.9 Å². The first-order valence-electron chi connectivity index (χ1n) is 11.3. The highest BCUT2D eigenvalue weighted by atomic mass is 32.2. The molecule has 0 saturated carbocycles. The summed E-state index contributed by atoms with van der Waals surface area (Å²) in [6, 6.07) is 20.0. The van der Waals surface area contributed by atoms with Crippen LogP contribution < -0.4 is 10.9 Å². The molecule has 180 valence electrons. The number of nitrogens with one attached hydrogen (secondary N) is 1. The van der Waals surface area contributed by atoms with Crippen LogP contribution in [0.2, 0.25) is 0 Å². The lowest BCUT2D eigenvalue weighted by Crippen LogP contribution is -2.22. The molecule has 2 heterocycles. The third-order valence-corrected chi connectivity index (χ3v) is 6.83. The van der Waals surface area contributed by atoms with Gasteiger partial charge in [-0.05, 0) is 56.7 Å². The van der Waals surface area contributed by atoms with Gasteiger partial charge in [-0.25, -0.2) is 4.57 Å². The van der Waals surface area contributed by atoms with E-state index in [0.717, 1.165) is 16.8 Å². The smallest absolute Gasteiger partial charge is 0.267 e. The maximum atomic E-state index is 13.5. The first kappa shape index (κ1) is 23.5. The molecular formula is C27H23N5O3S. The average molecular weight is 498 g/mol. The van der Waals surface area contributed by atoms with E-state index in [1.54, 1.807) is 39.3 Å². The van der Waals surface area contributed by atoms with Gasteiger partial charge in [-0.1, -0.05) is 53.7 Å². The lowest BCUT2D eigenvalue weighted by Gasteiger charge is -2.14. The second-order valence-corrected chi connectivity index (χ2v) is 9.45. The Bertz CT molecular complexity index is 1720. The van der Waals surface area contributed by atoms with Gasteiger partial charge in [-0.3, -0.25) is 18.8 Å². The van der Waals surface area contributed by atoms with E-state index in [4.69, 9.17) is 0 Å². The number of carbonyl (C=O) groups excluding carboxylic acids is 2. The van der Waals surface area contributed by atoms with Crippen molar-refractivity contribution < 1.29 is 9.59 Å². The number of hydrogen-bond acceptors (Lipinski definition) is 6. The number of amides is 1. The Morgan fingerprint density at radius 1 is 0.972 bits per heavy atom. The quantitative estimate of drug-likeness (QED) is 0.272. The van der Waals surface area contributed by atoms with Crippen LogP contribution in [0.1, 0.15) is 28.4 Å². The van der Waals surface area contributed by atoms with Gasteiger partial charge in [-0.15, -0.1) is 10.2 Å². The van der Waals surface area contributed by atoms with Gasteiger partial charge in [0, 0.05) is 5.56 Å². The summed E-state index contributed by atoms with van der Waals surface area (Å²) < 4.78 is 3.37. The second-order valence-electron chi connectivity index (χ2n) is 8.50. The molecule has 0 radical (unpaired) electrons. The number of rotatable bonds is 6. The minimum absolute atomic E-state index is 0.0457. The number of aryl methyl sites for hydroxylation is 2. The molecule has 0 unspecified atom stereocenters. The number of carbonyl (C=O) groups is 2. The van der Waals surface area contributed by atoms with E-state index in [1.807, 2.05) is 50.2 Å². The molecule has 0 aliphatic rings.